The first kappa shape index (κ1) is 11.8. The number of alkyl halides is 1. The van der Waals surface area contributed by atoms with Gasteiger partial charge in [-0.05, 0) is 6.07 Å². The van der Waals surface area contributed by atoms with Gasteiger partial charge in [-0.1, -0.05) is 0 Å². The molecule has 2 aliphatic heterocycles. The van der Waals surface area contributed by atoms with Crippen LogP contribution in [-0.2, 0) is 10.3 Å². The molecule has 2 bridgehead atoms. The maximum atomic E-state index is 12.9. The normalized spacial score (nSPS) is 31.4. The highest BCUT2D eigenvalue weighted by Gasteiger charge is 2.64. The Labute approximate surface area is 113 Å². The molecule has 0 radical (unpaired) electrons. The van der Waals surface area contributed by atoms with Crippen LogP contribution in [0.1, 0.15) is 23.2 Å². The Balaban J connectivity index is 1.74. The van der Waals surface area contributed by atoms with Crippen molar-refractivity contribution in [1.82, 2.24) is 14.8 Å². The number of nitrogens with two attached hydrogens (primary N) is 1. The second-order valence-electron chi connectivity index (χ2n) is 5.76. The SMILES string of the molecule is NC(=O)c1cnc2nn(C34COC(CF)(C3)C4)cc2c1. The molecule has 0 spiro atoms. The van der Waals surface area contributed by atoms with Crippen LogP contribution >= 0.6 is 0 Å². The number of pyridine rings is 1. The molecule has 0 aromatic carbocycles. The fourth-order valence-corrected chi connectivity index (χ4v) is 3.29. The van der Waals surface area contributed by atoms with Crippen molar-refractivity contribution in [2.75, 3.05) is 13.3 Å². The zero-order valence-corrected chi connectivity index (χ0v) is 10.7. The number of hydrogen-bond acceptors (Lipinski definition) is 4. The third-order valence-electron chi connectivity index (χ3n) is 4.32. The summed E-state index contributed by atoms with van der Waals surface area (Å²) in [7, 11) is 0. The number of fused-ring (bicyclic) bond motifs is 2. The molecule has 2 N–H and O–H groups in total. The highest BCUT2D eigenvalue weighted by molar-refractivity contribution is 5.95. The summed E-state index contributed by atoms with van der Waals surface area (Å²) >= 11 is 0. The lowest BCUT2D eigenvalue weighted by molar-refractivity contribution is -0.0336. The van der Waals surface area contributed by atoms with Gasteiger partial charge in [0.15, 0.2) is 5.65 Å². The smallest absolute Gasteiger partial charge is 0.250 e. The molecule has 104 valence electrons. The predicted molar refractivity (Wildman–Crippen MR) is 67.9 cm³/mol. The number of carbonyl (C=O) groups is 1. The van der Waals surface area contributed by atoms with E-state index in [4.69, 9.17) is 10.5 Å². The van der Waals surface area contributed by atoms with Gasteiger partial charge < -0.3 is 10.5 Å². The molecule has 20 heavy (non-hydrogen) atoms. The molecule has 2 aromatic heterocycles. The van der Waals surface area contributed by atoms with Crippen LogP contribution in [0, 0.1) is 0 Å². The van der Waals surface area contributed by atoms with Crippen LogP contribution in [-0.4, -0.2) is 39.6 Å². The number of nitrogens with zero attached hydrogens (tertiary/aromatic N) is 3. The van der Waals surface area contributed by atoms with Gasteiger partial charge in [-0.2, -0.15) is 5.10 Å². The quantitative estimate of drug-likeness (QED) is 0.897. The van der Waals surface area contributed by atoms with E-state index in [2.05, 4.69) is 10.1 Å². The Bertz CT molecular complexity index is 720. The molecule has 6 nitrogen and oxygen atoms in total. The summed E-state index contributed by atoms with van der Waals surface area (Å²) < 4.78 is 20.3. The van der Waals surface area contributed by atoms with Gasteiger partial charge in [0.1, 0.15) is 12.3 Å². The summed E-state index contributed by atoms with van der Waals surface area (Å²) in [6, 6.07) is 1.67. The van der Waals surface area contributed by atoms with Crippen LogP contribution in [0.4, 0.5) is 4.39 Å². The van der Waals surface area contributed by atoms with Gasteiger partial charge in [0.25, 0.3) is 0 Å². The van der Waals surface area contributed by atoms with Gasteiger partial charge in [0, 0.05) is 30.6 Å². The van der Waals surface area contributed by atoms with Crippen LogP contribution < -0.4 is 5.73 Å². The first-order valence-corrected chi connectivity index (χ1v) is 6.42. The number of primary amides is 1. The third-order valence-corrected chi connectivity index (χ3v) is 4.32. The summed E-state index contributed by atoms with van der Waals surface area (Å²) in [6.07, 6.45) is 4.50. The third kappa shape index (κ3) is 1.38. The molecule has 3 aliphatic rings. The van der Waals surface area contributed by atoms with Crippen LogP contribution in [0.2, 0.25) is 0 Å². The number of amides is 1. The highest BCUT2D eigenvalue weighted by Crippen LogP contribution is 2.56. The molecule has 3 fully saturated rings. The standard InChI is InChI=1S/C13H13FN4O2/c14-6-13-4-12(5-13,7-20-13)18-3-9-1-8(10(15)19)2-16-11(9)17-18/h1-3H,4-7H2,(H2,15,19). The number of halogens is 1. The van der Waals surface area contributed by atoms with Crippen molar-refractivity contribution in [2.45, 2.75) is 24.0 Å². The van der Waals surface area contributed by atoms with E-state index in [0.29, 0.717) is 30.7 Å². The van der Waals surface area contributed by atoms with Crippen LogP contribution in [0.25, 0.3) is 11.0 Å². The van der Waals surface area contributed by atoms with Gasteiger partial charge in [-0.3, -0.25) is 9.48 Å². The van der Waals surface area contributed by atoms with E-state index >= 15 is 0 Å². The van der Waals surface area contributed by atoms with Crippen molar-refractivity contribution in [2.24, 2.45) is 5.73 Å². The summed E-state index contributed by atoms with van der Waals surface area (Å²) in [4.78, 5) is 15.3. The molecule has 1 amide bonds. The van der Waals surface area contributed by atoms with Crippen LogP contribution in [0.5, 0.6) is 0 Å². The van der Waals surface area contributed by atoms with Crippen LogP contribution in [0.15, 0.2) is 18.5 Å². The van der Waals surface area contributed by atoms with E-state index in [1.807, 2.05) is 6.20 Å². The molecule has 0 atom stereocenters. The first-order valence-electron chi connectivity index (χ1n) is 6.42. The van der Waals surface area contributed by atoms with Crippen molar-refractivity contribution in [3.63, 3.8) is 0 Å². The lowest BCUT2D eigenvalue weighted by Gasteiger charge is -2.42. The molecule has 5 rings (SSSR count). The number of hydrogen-bond donors (Lipinski definition) is 1. The van der Waals surface area contributed by atoms with Gasteiger partial charge in [0.2, 0.25) is 5.91 Å². The average molecular weight is 276 g/mol. The maximum absolute atomic E-state index is 12.9. The van der Waals surface area contributed by atoms with Gasteiger partial charge in [-0.25, -0.2) is 9.37 Å². The summed E-state index contributed by atoms with van der Waals surface area (Å²) in [5, 5.41) is 5.17. The molecule has 2 aromatic rings. The Hall–Kier alpha value is -2.02. The largest absolute Gasteiger partial charge is 0.370 e. The zero-order chi connectivity index (χ0) is 14.0. The molecular weight excluding hydrogens is 263 g/mol. The zero-order valence-electron chi connectivity index (χ0n) is 10.7. The van der Waals surface area contributed by atoms with Crippen molar-refractivity contribution in [3.05, 3.63) is 24.0 Å². The van der Waals surface area contributed by atoms with Gasteiger partial charge >= 0.3 is 0 Å². The summed E-state index contributed by atoms with van der Waals surface area (Å²) in [6.45, 7) is 0.00714. The Morgan fingerprint density at radius 1 is 1.55 bits per heavy atom. The van der Waals surface area contributed by atoms with Gasteiger partial charge in [0.05, 0.1) is 17.7 Å². The van der Waals surface area contributed by atoms with Crippen LogP contribution in [0.3, 0.4) is 0 Å². The summed E-state index contributed by atoms with van der Waals surface area (Å²) in [5.41, 5.74) is 5.26. The van der Waals surface area contributed by atoms with E-state index in [-0.39, 0.29) is 5.54 Å². The minimum absolute atomic E-state index is 0.264. The minimum atomic E-state index is -0.607. The van der Waals surface area contributed by atoms with Crippen molar-refractivity contribution >= 4 is 16.9 Å². The number of ether oxygens (including phenoxy) is 1. The fourth-order valence-electron chi connectivity index (χ4n) is 3.29. The molecule has 7 heteroatoms. The van der Waals surface area contributed by atoms with Crippen molar-refractivity contribution < 1.29 is 13.9 Å². The van der Waals surface area contributed by atoms with E-state index in [1.54, 1.807) is 10.7 Å². The fraction of sp³-hybridized carbons (Fsp3) is 0.462. The van der Waals surface area contributed by atoms with E-state index in [1.165, 1.54) is 6.20 Å². The Kier molecular flexibility index (Phi) is 2.09. The predicted octanol–water partition coefficient (Wildman–Crippen LogP) is 0.758. The number of carbonyl (C=O) groups excluding carboxylic acids is 1. The monoisotopic (exact) mass is 276 g/mol. The second kappa shape index (κ2) is 3.54. The van der Waals surface area contributed by atoms with E-state index < -0.39 is 18.2 Å². The second-order valence-corrected chi connectivity index (χ2v) is 5.76. The van der Waals surface area contributed by atoms with E-state index in [0.717, 1.165) is 5.39 Å². The molecule has 1 aliphatic carbocycles. The first-order chi connectivity index (χ1) is 9.56. The highest BCUT2D eigenvalue weighted by atomic mass is 19.1. The maximum Gasteiger partial charge on any atom is 0.250 e. The Morgan fingerprint density at radius 3 is 3.00 bits per heavy atom. The van der Waals surface area contributed by atoms with Gasteiger partial charge in [-0.15, -0.1) is 0 Å². The van der Waals surface area contributed by atoms with E-state index in [9.17, 15) is 9.18 Å². The number of aromatic nitrogens is 3. The van der Waals surface area contributed by atoms with Crippen molar-refractivity contribution in [3.8, 4) is 0 Å². The average Bonchev–Trinajstić information content (AvgIpc) is 3.08. The molecule has 4 heterocycles. The lowest BCUT2D eigenvalue weighted by Crippen LogP contribution is -2.52. The Morgan fingerprint density at radius 2 is 2.35 bits per heavy atom. The number of rotatable bonds is 3. The summed E-state index contributed by atoms with van der Waals surface area (Å²) in [5.74, 6) is -0.519. The molecule has 2 saturated heterocycles. The van der Waals surface area contributed by atoms with Crippen molar-refractivity contribution in [1.29, 1.82) is 0 Å². The lowest BCUT2D eigenvalue weighted by atomic mass is 9.69. The molecule has 1 saturated carbocycles. The topological polar surface area (TPSA) is 83.0 Å². The minimum Gasteiger partial charge on any atom is -0.370 e. The molecule has 0 unspecified atom stereocenters. The molecular formula is C13H13FN4O2.